The topological polar surface area (TPSA) is 96.9 Å². The Morgan fingerprint density at radius 3 is 2.26 bits per heavy atom. The monoisotopic (exact) mass is 643 g/mol. The molecule has 0 aliphatic rings. The maximum atomic E-state index is 12.9. The summed E-state index contributed by atoms with van der Waals surface area (Å²) in [5.41, 5.74) is 3.82. The van der Waals surface area contributed by atoms with Crippen LogP contribution in [0.5, 0.6) is 5.75 Å². The van der Waals surface area contributed by atoms with E-state index in [0.717, 1.165) is 0 Å². The van der Waals surface area contributed by atoms with E-state index in [-0.39, 0.29) is 21.9 Å². The highest BCUT2D eigenvalue weighted by atomic mass is 79.9. The first kappa shape index (κ1) is 28.3. The quantitative estimate of drug-likeness (QED) is 0.0934. The number of rotatable bonds is 7. The lowest BCUT2D eigenvalue weighted by atomic mass is 10.1. The fraction of sp³-hybridized carbons (Fsp3) is 0. The van der Waals surface area contributed by atoms with Gasteiger partial charge in [-0.05, 0) is 72.8 Å². The summed E-state index contributed by atoms with van der Waals surface area (Å²) < 4.78 is 6.20. The van der Waals surface area contributed by atoms with E-state index in [1.807, 2.05) is 0 Å². The molecule has 0 fully saturated rings. The molecule has 0 bridgehead atoms. The van der Waals surface area contributed by atoms with Crippen LogP contribution in [-0.4, -0.2) is 24.0 Å². The van der Waals surface area contributed by atoms with Gasteiger partial charge in [0.05, 0.1) is 28.1 Å². The molecule has 0 spiro atoms. The first-order valence-corrected chi connectivity index (χ1v) is 13.1. The van der Waals surface area contributed by atoms with Gasteiger partial charge < -0.3 is 10.1 Å². The van der Waals surface area contributed by atoms with Crippen molar-refractivity contribution in [3.05, 3.63) is 127 Å². The van der Waals surface area contributed by atoms with Crippen LogP contribution >= 0.6 is 50.7 Å². The fourth-order valence-corrected chi connectivity index (χ4v) is 4.32. The fourth-order valence-electron chi connectivity index (χ4n) is 3.33. The average Bonchev–Trinajstić information content (AvgIpc) is 2.90. The third-order valence-corrected chi connectivity index (χ3v) is 6.51. The highest BCUT2D eigenvalue weighted by Crippen LogP contribution is 2.26. The molecule has 4 aromatic carbocycles. The van der Waals surface area contributed by atoms with Gasteiger partial charge in [-0.15, -0.1) is 0 Å². The highest BCUT2D eigenvalue weighted by Gasteiger charge is 2.16. The first-order valence-electron chi connectivity index (χ1n) is 11.2. The molecule has 0 radical (unpaired) electrons. The molecule has 4 rings (SSSR count). The number of hydrazone groups is 1. The Kier molecular flexibility index (Phi) is 9.37. The molecule has 2 amide bonds. The predicted octanol–water partition coefficient (Wildman–Crippen LogP) is 7.64. The van der Waals surface area contributed by atoms with Crippen molar-refractivity contribution in [2.24, 2.45) is 5.10 Å². The van der Waals surface area contributed by atoms with E-state index in [0.29, 0.717) is 31.3 Å². The summed E-state index contributed by atoms with van der Waals surface area (Å²) in [5, 5.41) is 7.76. The van der Waals surface area contributed by atoms with E-state index in [4.69, 9.17) is 39.5 Å². The third-order valence-electron chi connectivity index (χ3n) is 5.22. The Bertz CT molecular complexity index is 1590. The van der Waals surface area contributed by atoms with Crippen LogP contribution in [0.4, 0.5) is 5.69 Å². The summed E-state index contributed by atoms with van der Waals surface area (Å²) in [4.78, 5) is 38.2. The third kappa shape index (κ3) is 7.46. The number of anilines is 1. The number of esters is 1. The first-order chi connectivity index (χ1) is 18.7. The van der Waals surface area contributed by atoms with Gasteiger partial charge >= 0.3 is 5.97 Å². The molecule has 2 N–H and O–H groups in total. The molecule has 11 heteroatoms. The van der Waals surface area contributed by atoms with E-state index in [2.05, 4.69) is 31.8 Å². The van der Waals surface area contributed by atoms with Crippen LogP contribution < -0.4 is 15.5 Å². The van der Waals surface area contributed by atoms with E-state index in [9.17, 15) is 14.4 Å². The van der Waals surface area contributed by atoms with Crippen molar-refractivity contribution in [3.8, 4) is 5.75 Å². The van der Waals surface area contributed by atoms with Crippen LogP contribution in [-0.2, 0) is 0 Å². The molecule has 0 saturated heterocycles. The van der Waals surface area contributed by atoms with Crippen LogP contribution in [0, 0.1) is 0 Å². The molecule has 4 aromatic rings. The van der Waals surface area contributed by atoms with Crippen molar-refractivity contribution < 1.29 is 19.1 Å². The number of amides is 2. The Hall–Kier alpha value is -3.69. The van der Waals surface area contributed by atoms with Gasteiger partial charge in [-0.2, -0.15) is 5.10 Å². The van der Waals surface area contributed by atoms with Gasteiger partial charge in [0.25, 0.3) is 11.8 Å². The van der Waals surface area contributed by atoms with Crippen molar-refractivity contribution in [2.45, 2.75) is 0 Å². The molecule has 0 atom stereocenters. The van der Waals surface area contributed by atoms with Crippen LogP contribution in [0.2, 0.25) is 15.1 Å². The number of halogens is 4. The van der Waals surface area contributed by atoms with Gasteiger partial charge in [0.2, 0.25) is 0 Å². The van der Waals surface area contributed by atoms with Gasteiger partial charge in [-0.25, -0.2) is 10.2 Å². The SMILES string of the molecule is O=C(Nc1ccccc1C(=O)N/N=C\c1cc(Br)ccc1OC(=O)c1ccc(Cl)cc1Cl)c1ccc(Cl)cc1. The lowest BCUT2D eigenvalue weighted by Crippen LogP contribution is -2.21. The van der Waals surface area contributed by atoms with Crippen molar-refractivity contribution in [1.82, 2.24) is 5.43 Å². The minimum Gasteiger partial charge on any atom is -0.422 e. The van der Waals surface area contributed by atoms with E-state index < -0.39 is 17.8 Å². The molecule has 0 unspecified atom stereocenters. The molecule has 0 aromatic heterocycles. The maximum Gasteiger partial charge on any atom is 0.345 e. The van der Waals surface area contributed by atoms with Gasteiger partial charge in [0.1, 0.15) is 5.75 Å². The number of hydrogen-bond acceptors (Lipinski definition) is 5. The standard InChI is InChI=1S/C28H17BrCl3N3O4/c29-18-7-12-25(39-28(38)21-11-10-20(31)14-23(21)32)17(13-18)15-33-35-27(37)22-3-1-2-4-24(22)34-26(36)16-5-8-19(30)9-6-16/h1-15H,(H,34,36)(H,35,37)/b33-15-. The molecule has 39 heavy (non-hydrogen) atoms. The number of ether oxygens (including phenoxy) is 1. The largest absolute Gasteiger partial charge is 0.422 e. The van der Waals surface area contributed by atoms with Crippen LogP contribution in [0.1, 0.15) is 36.6 Å². The van der Waals surface area contributed by atoms with Crippen molar-refractivity contribution >= 4 is 80.4 Å². The molecular weight excluding hydrogens is 629 g/mol. The number of carbonyl (C=O) groups is 3. The summed E-state index contributed by atoms with van der Waals surface area (Å²) in [5.74, 6) is -1.48. The minimum absolute atomic E-state index is 0.137. The minimum atomic E-state index is -0.692. The lowest BCUT2D eigenvalue weighted by Gasteiger charge is -2.11. The number of para-hydroxylation sites is 1. The van der Waals surface area contributed by atoms with E-state index in [1.165, 1.54) is 24.4 Å². The van der Waals surface area contributed by atoms with Crippen LogP contribution in [0.15, 0.2) is 94.5 Å². The second-order valence-electron chi connectivity index (χ2n) is 7.90. The second kappa shape index (κ2) is 12.9. The summed E-state index contributed by atoms with van der Waals surface area (Å²) in [7, 11) is 0. The molecule has 0 aliphatic carbocycles. The Labute approximate surface area is 246 Å². The van der Waals surface area contributed by atoms with Crippen LogP contribution in [0.3, 0.4) is 0 Å². The normalized spacial score (nSPS) is 10.8. The van der Waals surface area contributed by atoms with E-state index >= 15 is 0 Å². The zero-order valence-corrected chi connectivity index (χ0v) is 23.6. The zero-order chi connectivity index (χ0) is 27.9. The number of carbonyl (C=O) groups excluding carboxylic acids is 3. The highest BCUT2D eigenvalue weighted by molar-refractivity contribution is 9.10. The number of nitrogens with zero attached hydrogens (tertiary/aromatic N) is 1. The van der Waals surface area contributed by atoms with Gasteiger partial charge in [0.15, 0.2) is 0 Å². The second-order valence-corrected chi connectivity index (χ2v) is 10.1. The molecule has 7 nitrogen and oxygen atoms in total. The molecule has 0 aliphatic heterocycles. The van der Waals surface area contributed by atoms with Gasteiger partial charge in [-0.1, -0.05) is 62.9 Å². The smallest absolute Gasteiger partial charge is 0.345 e. The number of hydrogen-bond donors (Lipinski definition) is 2. The predicted molar refractivity (Wildman–Crippen MR) is 156 cm³/mol. The average molecular weight is 646 g/mol. The molecule has 0 heterocycles. The van der Waals surface area contributed by atoms with E-state index in [1.54, 1.807) is 66.7 Å². The van der Waals surface area contributed by atoms with Crippen molar-refractivity contribution in [1.29, 1.82) is 0 Å². The Balaban J connectivity index is 1.48. The lowest BCUT2D eigenvalue weighted by molar-refractivity contribution is 0.0734. The Morgan fingerprint density at radius 1 is 0.795 bits per heavy atom. The molecule has 196 valence electrons. The van der Waals surface area contributed by atoms with Crippen molar-refractivity contribution in [2.75, 3.05) is 5.32 Å². The maximum absolute atomic E-state index is 12.9. The molecular formula is C28H17BrCl3N3O4. The zero-order valence-electron chi connectivity index (χ0n) is 19.8. The summed E-state index contributed by atoms with van der Waals surface area (Å²) in [6.45, 7) is 0. The summed E-state index contributed by atoms with van der Waals surface area (Å²) in [6, 6.07) is 22.2. The molecule has 0 saturated carbocycles. The summed E-state index contributed by atoms with van der Waals surface area (Å²) in [6.07, 6.45) is 1.32. The Morgan fingerprint density at radius 2 is 1.51 bits per heavy atom. The summed E-state index contributed by atoms with van der Waals surface area (Å²) >= 11 is 21.3. The van der Waals surface area contributed by atoms with Gasteiger partial charge in [-0.3, -0.25) is 9.59 Å². The number of benzene rings is 4. The number of nitrogens with one attached hydrogen (secondary N) is 2. The van der Waals surface area contributed by atoms with Gasteiger partial charge in [0, 0.05) is 25.6 Å². The van der Waals surface area contributed by atoms with Crippen molar-refractivity contribution in [3.63, 3.8) is 0 Å². The van der Waals surface area contributed by atoms with Crippen LogP contribution in [0.25, 0.3) is 0 Å².